The summed E-state index contributed by atoms with van der Waals surface area (Å²) in [5.41, 5.74) is 2.15. The summed E-state index contributed by atoms with van der Waals surface area (Å²) in [6.45, 7) is 1.54. The molecule has 3 aromatic rings. The maximum absolute atomic E-state index is 5.64. The lowest BCUT2D eigenvalue weighted by molar-refractivity contribution is -0.917. The second-order valence-electron chi connectivity index (χ2n) is 5.68. The molecule has 0 saturated heterocycles. The monoisotopic (exact) mass is 342 g/mol. The Morgan fingerprint density at radius 3 is 2.50 bits per heavy atom. The van der Waals surface area contributed by atoms with E-state index >= 15 is 0 Å². The standard InChI is InChI=1S/C18H19N3O2S/c1-20(12-14-6-4-3-5-7-14)13-21-18(24)23-17(19-21)15-8-10-16(22-2)11-9-15/h3-11H,12-13H2,1-2H3/p+1. The maximum Gasteiger partial charge on any atom is 0.292 e. The average Bonchev–Trinajstić information content (AvgIpc) is 2.96. The molecule has 0 bridgehead atoms. The van der Waals surface area contributed by atoms with Gasteiger partial charge in [-0.15, -0.1) is 5.10 Å². The molecular weight excluding hydrogens is 322 g/mol. The molecule has 5 nitrogen and oxygen atoms in total. The topological polar surface area (TPSA) is 44.6 Å². The highest BCUT2D eigenvalue weighted by atomic mass is 32.1. The molecular formula is C18H20N3O2S+. The van der Waals surface area contributed by atoms with Crippen molar-refractivity contribution < 1.29 is 14.1 Å². The van der Waals surface area contributed by atoms with Crippen LogP contribution >= 0.6 is 12.2 Å². The molecule has 0 fully saturated rings. The number of rotatable bonds is 6. The van der Waals surface area contributed by atoms with Gasteiger partial charge in [0.25, 0.3) is 4.84 Å². The number of ether oxygens (including phenoxy) is 1. The smallest absolute Gasteiger partial charge is 0.292 e. The van der Waals surface area contributed by atoms with Gasteiger partial charge in [0, 0.05) is 11.1 Å². The van der Waals surface area contributed by atoms with E-state index < -0.39 is 0 Å². The zero-order valence-corrected chi connectivity index (χ0v) is 14.5. The Kier molecular flexibility index (Phi) is 5.08. The fraction of sp³-hybridized carbons (Fsp3) is 0.222. The van der Waals surface area contributed by atoms with Crippen LogP contribution in [0.2, 0.25) is 0 Å². The summed E-state index contributed by atoms with van der Waals surface area (Å²) in [6.07, 6.45) is 0. The molecule has 124 valence electrons. The van der Waals surface area contributed by atoms with Crippen molar-refractivity contribution in [1.29, 1.82) is 0 Å². The van der Waals surface area contributed by atoms with Crippen LogP contribution in [-0.2, 0) is 13.2 Å². The van der Waals surface area contributed by atoms with E-state index in [0.717, 1.165) is 17.9 Å². The van der Waals surface area contributed by atoms with Gasteiger partial charge in [0.1, 0.15) is 12.3 Å². The lowest BCUT2D eigenvalue weighted by Gasteiger charge is -2.13. The minimum absolute atomic E-state index is 0.383. The molecule has 3 rings (SSSR count). The lowest BCUT2D eigenvalue weighted by atomic mass is 10.2. The van der Waals surface area contributed by atoms with Crippen molar-refractivity contribution in [2.45, 2.75) is 13.2 Å². The van der Waals surface area contributed by atoms with Gasteiger partial charge in [0.2, 0.25) is 5.89 Å². The number of benzene rings is 2. The molecule has 0 saturated carbocycles. The fourth-order valence-electron chi connectivity index (χ4n) is 2.51. The van der Waals surface area contributed by atoms with Crippen LogP contribution in [-0.4, -0.2) is 23.9 Å². The number of methoxy groups -OCH3 is 1. The minimum atomic E-state index is 0.383. The zero-order valence-electron chi connectivity index (χ0n) is 13.7. The molecule has 6 heteroatoms. The number of aromatic nitrogens is 2. The second-order valence-corrected chi connectivity index (χ2v) is 6.03. The highest BCUT2D eigenvalue weighted by molar-refractivity contribution is 7.71. The van der Waals surface area contributed by atoms with Crippen LogP contribution in [0.3, 0.4) is 0 Å². The average molecular weight is 342 g/mol. The summed E-state index contributed by atoms with van der Waals surface area (Å²) in [6, 6.07) is 17.9. The summed E-state index contributed by atoms with van der Waals surface area (Å²) in [4.78, 5) is 1.65. The highest BCUT2D eigenvalue weighted by Gasteiger charge is 2.12. The van der Waals surface area contributed by atoms with Gasteiger partial charge < -0.3 is 14.1 Å². The van der Waals surface area contributed by atoms with Gasteiger partial charge in [-0.05, 0) is 36.5 Å². The van der Waals surface area contributed by atoms with Crippen LogP contribution in [0.4, 0.5) is 0 Å². The molecule has 0 aliphatic heterocycles. The van der Waals surface area contributed by atoms with E-state index in [4.69, 9.17) is 21.4 Å². The van der Waals surface area contributed by atoms with Crippen LogP contribution in [0.25, 0.3) is 11.5 Å². The Morgan fingerprint density at radius 2 is 1.83 bits per heavy atom. The summed E-state index contributed by atoms with van der Waals surface area (Å²) in [7, 11) is 3.75. The molecule has 1 N–H and O–H groups in total. The van der Waals surface area contributed by atoms with Crippen LogP contribution in [0.15, 0.2) is 59.0 Å². The Morgan fingerprint density at radius 1 is 1.12 bits per heavy atom. The molecule has 1 atom stereocenters. The first kappa shape index (κ1) is 16.4. The van der Waals surface area contributed by atoms with E-state index in [0.29, 0.717) is 17.4 Å². The third-order valence-electron chi connectivity index (χ3n) is 3.71. The van der Waals surface area contributed by atoms with Gasteiger partial charge >= 0.3 is 0 Å². The van der Waals surface area contributed by atoms with Gasteiger partial charge in [-0.2, -0.15) is 4.68 Å². The Labute approximate surface area is 146 Å². The normalized spacial score (nSPS) is 12.1. The summed E-state index contributed by atoms with van der Waals surface area (Å²) in [5, 5.41) is 4.50. The van der Waals surface area contributed by atoms with Crippen molar-refractivity contribution in [3.8, 4) is 17.2 Å². The van der Waals surface area contributed by atoms with Crippen molar-refractivity contribution in [2.24, 2.45) is 0 Å². The summed E-state index contributed by atoms with van der Waals surface area (Å²) in [5.74, 6) is 1.32. The predicted molar refractivity (Wildman–Crippen MR) is 94.3 cm³/mol. The Hall–Kier alpha value is -2.44. The van der Waals surface area contributed by atoms with Gasteiger partial charge in [-0.3, -0.25) is 0 Å². The molecule has 1 heterocycles. The molecule has 0 amide bonds. The summed E-state index contributed by atoms with van der Waals surface area (Å²) < 4.78 is 12.5. The third-order valence-corrected chi connectivity index (χ3v) is 4.01. The van der Waals surface area contributed by atoms with Crippen molar-refractivity contribution >= 4 is 12.2 Å². The minimum Gasteiger partial charge on any atom is -0.497 e. The van der Waals surface area contributed by atoms with Crippen LogP contribution < -0.4 is 9.64 Å². The number of hydrogen-bond donors (Lipinski definition) is 1. The van der Waals surface area contributed by atoms with E-state index in [1.807, 2.05) is 42.5 Å². The predicted octanol–water partition coefficient (Wildman–Crippen LogP) is 2.55. The fourth-order valence-corrected chi connectivity index (χ4v) is 2.70. The first-order chi connectivity index (χ1) is 11.7. The quantitative estimate of drug-likeness (QED) is 0.699. The Balaban J connectivity index is 1.72. The van der Waals surface area contributed by atoms with Gasteiger partial charge in [0.05, 0.1) is 14.2 Å². The largest absolute Gasteiger partial charge is 0.497 e. The molecule has 2 aromatic carbocycles. The number of quaternary nitrogens is 1. The van der Waals surface area contributed by atoms with Gasteiger partial charge in [-0.1, -0.05) is 30.3 Å². The zero-order chi connectivity index (χ0) is 16.9. The molecule has 0 spiro atoms. The molecule has 1 unspecified atom stereocenters. The van der Waals surface area contributed by atoms with Crippen molar-refractivity contribution in [3.63, 3.8) is 0 Å². The van der Waals surface area contributed by atoms with E-state index in [1.165, 1.54) is 10.5 Å². The molecule has 0 radical (unpaired) electrons. The van der Waals surface area contributed by atoms with Crippen LogP contribution in [0, 0.1) is 4.84 Å². The second kappa shape index (κ2) is 7.42. The molecule has 1 aromatic heterocycles. The summed E-state index contributed by atoms with van der Waals surface area (Å²) >= 11 is 5.30. The Bertz CT molecular complexity index is 841. The van der Waals surface area contributed by atoms with Crippen LogP contribution in [0.1, 0.15) is 5.56 Å². The van der Waals surface area contributed by atoms with E-state index in [-0.39, 0.29) is 0 Å². The van der Waals surface area contributed by atoms with Crippen molar-refractivity contribution in [2.75, 3.05) is 14.2 Å². The lowest BCUT2D eigenvalue weighted by Crippen LogP contribution is -3.07. The number of nitrogens with one attached hydrogen (secondary N) is 1. The van der Waals surface area contributed by atoms with E-state index in [2.05, 4.69) is 24.3 Å². The van der Waals surface area contributed by atoms with E-state index in [1.54, 1.807) is 11.8 Å². The highest BCUT2D eigenvalue weighted by Crippen LogP contribution is 2.20. The van der Waals surface area contributed by atoms with Gasteiger partial charge in [0.15, 0.2) is 6.67 Å². The van der Waals surface area contributed by atoms with Gasteiger partial charge in [-0.25, -0.2) is 0 Å². The number of nitrogens with zero attached hydrogens (tertiary/aromatic N) is 2. The molecule has 0 aliphatic carbocycles. The van der Waals surface area contributed by atoms with Crippen LogP contribution in [0.5, 0.6) is 5.75 Å². The first-order valence-electron chi connectivity index (χ1n) is 7.73. The number of hydrogen-bond acceptors (Lipinski definition) is 4. The maximum atomic E-state index is 5.64. The van der Waals surface area contributed by atoms with Crippen molar-refractivity contribution in [3.05, 3.63) is 65.0 Å². The third kappa shape index (κ3) is 3.90. The molecule has 0 aliphatic rings. The molecule has 24 heavy (non-hydrogen) atoms. The van der Waals surface area contributed by atoms with E-state index in [9.17, 15) is 0 Å². The first-order valence-corrected chi connectivity index (χ1v) is 8.14. The SMILES string of the molecule is COc1ccc(-c2nn(C[NH+](C)Cc3ccccc3)c(=S)o2)cc1. The van der Waals surface area contributed by atoms with Crippen molar-refractivity contribution in [1.82, 2.24) is 9.78 Å².